The number of carbonyl (C=O) groups is 2. The molecule has 37 heavy (non-hydrogen) atoms. The first-order valence-electron chi connectivity index (χ1n) is 11.8. The van der Waals surface area contributed by atoms with Crippen molar-refractivity contribution < 1.29 is 19.4 Å². The van der Waals surface area contributed by atoms with Gasteiger partial charge in [0, 0.05) is 36.8 Å². The van der Waals surface area contributed by atoms with Crippen molar-refractivity contribution >= 4 is 28.8 Å². The number of anilines is 1. The molecule has 190 valence electrons. The zero-order valence-corrected chi connectivity index (χ0v) is 19.9. The predicted octanol–water partition coefficient (Wildman–Crippen LogP) is 4.14. The van der Waals surface area contributed by atoms with Crippen molar-refractivity contribution in [2.24, 2.45) is 5.92 Å². The average Bonchev–Trinajstić information content (AvgIpc) is 2.93. The molecule has 1 aromatic heterocycles. The fourth-order valence-electron chi connectivity index (χ4n) is 4.47. The first kappa shape index (κ1) is 25.6. The Morgan fingerprint density at radius 2 is 1.70 bits per heavy atom. The van der Waals surface area contributed by atoms with E-state index in [0.29, 0.717) is 43.7 Å². The minimum absolute atomic E-state index is 0.0579. The van der Waals surface area contributed by atoms with E-state index in [1.54, 1.807) is 18.3 Å². The normalized spacial score (nSPS) is 14.2. The van der Waals surface area contributed by atoms with Crippen LogP contribution in [-0.2, 0) is 0 Å². The number of Topliss-reactive ketones (excluding diaryl/α,β-unsaturated/α-hetero) is 1. The van der Waals surface area contributed by atoms with Crippen LogP contribution >= 0.6 is 0 Å². The molecule has 2 heterocycles. The lowest BCUT2D eigenvalue weighted by Crippen LogP contribution is -2.43. The van der Waals surface area contributed by atoms with Gasteiger partial charge in [-0.3, -0.25) is 34.8 Å². The molecule has 1 aliphatic rings. The SMILES string of the molecule is O=C(c1ccccc1)C1CCN(CCN(C(=O)c2ccc([N+](=O)[O-])cc2[N+](=O)[O-])c2cccnc2)CC1. The first-order valence-corrected chi connectivity index (χ1v) is 11.8. The van der Waals surface area contributed by atoms with Gasteiger partial charge in [0.15, 0.2) is 5.78 Å². The maximum atomic E-state index is 13.5. The Balaban J connectivity index is 1.48. The minimum Gasteiger partial charge on any atom is -0.305 e. The van der Waals surface area contributed by atoms with Gasteiger partial charge in [0.2, 0.25) is 0 Å². The summed E-state index contributed by atoms with van der Waals surface area (Å²) in [4.78, 5) is 55.0. The van der Waals surface area contributed by atoms with Gasteiger partial charge >= 0.3 is 0 Å². The fraction of sp³-hybridized carbons (Fsp3) is 0.269. The number of nitro groups is 2. The highest BCUT2D eigenvalue weighted by molar-refractivity contribution is 6.08. The number of amides is 1. The van der Waals surface area contributed by atoms with Crippen LogP contribution in [0, 0.1) is 26.1 Å². The number of non-ortho nitro benzene ring substituents is 1. The third-order valence-corrected chi connectivity index (χ3v) is 6.48. The van der Waals surface area contributed by atoms with E-state index in [1.807, 2.05) is 30.3 Å². The van der Waals surface area contributed by atoms with E-state index < -0.39 is 27.1 Å². The largest absolute Gasteiger partial charge is 0.305 e. The van der Waals surface area contributed by atoms with Crippen LogP contribution in [0.3, 0.4) is 0 Å². The number of carbonyl (C=O) groups excluding carboxylic acids is 2. The van der Waals surface area contributed by atoms with E-state index in [2.05, 4.69) is 9.88 Å². The molecule has 1 fully saturated rings. The summed E-state index contributed by atoms with van der Waals surface area (Å²) in [7, 11) is 0. The standard InChI is InChI=1S/C26H25N5O6/c32-25(19-5-2-1-3-6-19)20-10-13-28(14-11-20)15-16-29(22-7-4-12-27-18-22)26(33)23-9-8-21(30(34)35)17-24(23)31(36)37/h1-9,12,17-18,20H,10-11,13-16H2. The van der Waals surface area contributed by atoms with Crippen molar-refractivity contribution in [2.45, 2.75) is 12.8 Å². The molecule has 11 nitrogen and oxygen atoms in total. The molecule has 4 rings (SSSR count). The molecule has 0 spiro atoms. The van der Waals surface area contributed by atoms with Crippen molar-refractivity contribution in [1.29, 1.82) is 0 Å². The minimum atomic E-state index is -0.795. The van der Waals surface area contributed by atoms with Gasteiger partial charge in [-0.1, -0.05) is 30.3 Å². The van der Waals surface area contributed by atoms with Crippen LogP contribution in [-0.4, -0.2) is 57.6 Å². The second-order valence-corrected chi connectivity index (χ2v) is 8.73. The molecule has 1 saturated heterocycles. The molecule has 2 aromatic carbocycles. The number of hydrogen-bond acceptors (Lipinski definition) is 8. The molecule has 11 heteroatoms. The maximum Gasteiger partial charge on any atom is 0.289 e. The van der Waals surface area contributed by atoms with Crippen molar-refractivity contribution in [3.05, 3.63) is 104 Å². The van der Waals surface area contributed by atoms with E-state index >= 15 is 0 Å². The Morgan fingerprint density at radius 3 is 2.32 bits per heavy atom. The topological polar surface area (TPSA) is 140 Å². The van der Waals surface area contributed by atoms with Crippen LogP contribution in [0.5, 0.6) is 0 Å². The molecular formula is C26H25N5O6. The number of ketones is 1. The Bertz CT molecular complexity index is 1290. The van der Waals surface area contributed by atoms with Gasteiger partial charge in [0.05, 0.1) is 27.8 Å². The fourth-order valence-corrected chi connectivity index (χ4v) is 4.47. The van der Waals surface area contributed by atoms with Gasteiger partial charge in [-0.15, -0.1) is 0 Å². The Labute approximate surface area is 212 Å². The van der Waals surface area contributed by atoms with E-state index in [-0.39, 0.29) is 23.8 Å². The summed E-state index contributed by atoms with van der Waals surface area (Å²) in [6.07, 6.45) is 4.43. The molecule has 0 saturated carbocycles. The van der Waals surface area contributed by atoms with Gasteiger partial charge in [-0.05, 0) is 44.1 Å². The quantitative estimate of drug-likeness (QED) is 0.241. The molecule has 0 atom stereocenters. The summed E-state index contributed by atoms with van der Waals surface area (Å²) >= 11 is 0. The number of nitro benzene ring substituents is 2. The van der Waals surface area contributed by atoms with Gasteiger partial charge in [0.1, 0.15) is 5.56 Å². The monoisotopic (exact) mass is 503 g/mol. The summed E-state index contributed by atoms with van der Waals surface area (Å²) in [6.45, 7) is 2.05. The molecule has 0 N–H and O–H groups in total. The van der Waals surface area contributed by atoms with Crippen LogP contribution in [0.25, 0.3) is 0 Å². The molecule has 3 aromatic rings. The van der Waals surface area contributed by atoms with Gasteiger partial charge in [-0.25, -0.2) is 0 Å². The van der Waals surface area contributed by atoms with Crippen molar-refractivity contribution in [3.8, 4) is 0 Å². The second kappa shape index (κ2) is 11.5. The number of pyridine rings is 1. The van der Waals surface area contributed by atoms with Gasteiger partial charge < -0.3 is 9.80 Å². The van der Waals surface area contributed by atoms with Crippen LogP contribution < -0.4 is 4.90 Å². The number of benzene rings is 2. The molecule has 0 radical (unpaired) electrons. The van der Waals surface area contributed by atoms with Crippen molar-refractivity contribution in [1.82, 2.24) is 9.88 Å². The highest BCUT2D eigenvalue weighted by Gasteiger charge is 2.30. The van der Waals surface area contributed by atoms with Crippen LogP contribution in [0.4, 0.5) is 17.1 Å². The third-order valence-electron chi connectivity index (χ3n) is 6.48. The molecule has 1 aliphatic heterocycles. The number of nitrogens with zero attached hydrogens (tertiary/aromatic N) is 5. The highest BCUT2D eigenvalue weighted by Crippen LogP contribution is 2.28. The zero-order chi connectivity index (χ0) is 26.4. The van der Waals surface area contributed by atoms with Crippen LogP contribution in [0.2, 0.25) is 0 Å². The Hall–Kier alpha value is -4.51. The highest BCUT2D eigenvalue weighted by atomic mass is 16.6. The summed E-state index contributed by atoms with van der Waals surface area (Å²) in [5.41, 5.74) is -0.183. The second-order valence-electron chi connectivity index (χ2n) is 8.73. The molecule has 0 aliphatic carbocycles. The van der Waals surface area contributed by atoms with Crippen molar-refractivity contribution in [3.63, 3.8) is 0 Å². The van der Waals surface area contributed by atoms with Crippen LogP contribution in [0.1, 0.15) is 33.6 Å². The summed E-state index contributed by atoms with van der Waals surface area (Å²) in [6, 6.07) is 15.5. The third kappa shape index (κ3) is 6.01. The number of piperidine rings is 1. The lowest BCUT2D eigenvalue weighted by atomic mass is 9.89. The summed E-state index contributed by atoms with van der Waals surface area (Å²) < 4.78 is 0. The summed E-state index contributed by atoms with van der Waals surface area (Å²) in [5.74, 6) is -0.570. The number of rotatable bonds is 9. The Morgan fingerprint density at radius 1 is 0.973 bits per heavy atom. The van der Waals surface area contributed by atoms with E-state index in [9.17, 15) is 29.8 Å². The van der Waals surface area contributed by atoms with Gasteiger partial charge in [-0.2, -0.15) is 0 Å². The zero-order valence-electron chi connectivity index (χ0n) is 19.9. The van der Waals surface area contributed by atoms with E-state index in [1.165, 1.54) is 11.1 Å². The lowest BCUT2D eigenvalue weighted by molar-refractivity contribution is -0.394. The predicted molar refractivity (Wildman–Crippen MR) is 136 cm³/mol. The molecule has 0 bridgehead atoms. The Kier molecular flexibility index (Phi) is 7.94. The molecule has 0 unspecified atom stereocenters. The lowest BCUT2D eigenvalue weighted by Gasteiger charge is -2.33. The van der Waals surface area contributed by atoms with Crippen molar-refractivity contribution in [2.75, 3.05) is 31.1 Å². The van der Waals surface area contributed by atoms with E-state index in [0.717, 1.165) is 18.2 Å². The summed E-state index contributed by atoms with van der Waals surface area (Å²) in [5, 5.41) is 22.7. The first-order chi connectivity index (χ1) is 17.8. The van der Waals surface area contributed by atoms with E-state index in [4.69, 9.17) is 0 Å². The smallest absolute Gasteiger partial charge is 0.289 e. The maximum absolute atomic E-state index is 13.5. The number of aromatic nitrogens is 1. The van der Waals surface area contributed by atoms with Gasteiger partial charge in [0.25, 0.3) is 17.3 Å². The van der Waals surface area contributed by atoms with Crippen LogP contribution in [0.15, 0.2) is 73.1 Å². The molecular weight excluding hydrogens is 478 g/mol. The molecule has 1 amide bonds. The average molecular weight is 504 g/mol. The number of likely N-dealkylation sites (tertiary alicyclic amines) is 1. The number of hydrogen-bond donors (Lipinski definition) is 0.